The highest BCUT2D eigenvalue weighted by Crippen LogP contribution is 2.34. The maximum atomic E-state index is 13.0. The van der Waals surface area contributed by atoms with Crippen LogP contribution < -0.4 is 11.2 Å². The number of rotatable bonds is 4. The molecular formula is C8H8F4N2O3. The topological polar surface area (TPSA) is 75.1 Å². The van der Waals surface area contributed by atoms with Gasteiger partial charge in [0.15, 0.2) is 0 Å². The van der Waals surface area contributed by atoms with Gasteiger partial charge >= 0.3 is 17.5 Å². The predicted octanol–water partition coefficient (Wildman–Crippen LogP) is -0.201. The second-order valence-corrected chi connectivity index (χ2v) is 3.31. The number of hydrogen-bond donors (Lipinski definition) is 2. The zero-order chi connectivity index (χ0) is 13.3. The Morgan fingerprint density at radius 2 is 1.82 bits per heavy atom. The molecular weight excluding hydrogens is 248 g/mol. The van der Waals surface area contributed by atoms with Crippen LogP contribution in [-0.2, 0) is 6.54 Å². The van der Waals surface area contributed by atoms with Gasteiger partial charge in [-0.2, -0.15) is 17.6 Å². The standard InChI is InChI=1S/C8H8F4N2O3/c9-7(10,8(11,12)4-15)3-14-2-1-5(16)13-6(14)17/h1-2,15H,3-4H2,(H,13,16,17). The fourth-order valence-corrected chi connectivity index (χ4v) is 1.01. The highest BCUT2D eigenvalue weighted by Gasteiger charge is 2.56. The Labute approximate surface area is 91.3 Å². The Bertz CT molecular complexity index is 508. The molecule has 0 saturated heterocycles. The van der Waals surface area contributed by atoms with Gasteiger partial charge in [0, 0.05) is 12.3 Å². The molecule has 96 valence electrons. The van der Waals surface area contributed by atoms with Gasteiger partial charge in [-0.05, 0) is 0 Å². The van der Waals surface area contributed by atoms with Crippen molar-refractivity contribution < 1.29 is 22.7 Å². The molecule has 5 nitrogen and oxygen atoms in total. The minimum absolute atomic E-state index is 0.227. The highest BCUT2D eigenvalue weighted by molar-refractivity contribution is 4.89. The maximum Gasteiger partial charge on any atom is 0.334 e. The van der Waals surface area contributed by atoms with Crippen LogP contribution >= 0.6 is 0 Å². The lowest BCUT2D eigenvalue weighted by atomic mass is 10.2. The average molecular weight is 256 g/mol. The largest absolute Gasteiger partial charge is 0.390 e. The summed E-state index contributed by atoms with van der Waals surface area (Å²) < 4.78 is 51.5. The quantitative estimate of drug-likeness (QED) is 0.732. The van der Waals surface area contributed by atoms with E-state index in [1.54, 1.807) is 4.98 Å². The molecule has 0 amide bonds. The first kappa shape index (κ1) is 13.4. The Morgan fingerprint density at radius 1 is 1.24 bits per heavy atom. The number of H-pyrrole nitrogens is 1. The minimum Gasteiger partial charge on any atom is -0.390 e. The molecule has 0 radical (unpaired) electrons. The second kappa shape index (κ2) is 4.32. The van der Waals surface area contributed by atoms with Gasteiger partial charge in [0.05, 0.1) is 6.54 Å². The number of halogens is 4. The van der Waals surface area contributed by atoms with Crippen molar-refractivity contribution in [3.63, 3.8) is 0 Å². The Hall–Kier alpha value is -1.64. The van der Waals surface area contributed by atoms with E-state index in [9.17, 15) is 27.2 Å². The van der Waals surface area contributed by atoms with E-state index in [4.69, 9.17) is 5.11 Å². The molecule has 9 heteroatoms. The number of hydrogen-bond acceptors (Lipinski definition) is 3. The molecule has 0 bridgehead atoms. The minimum atomic E-state index is -4.65. The molecule has 0 atom stereocenters. The van der Waals surface area contributed by atoms with E-state index in [1.807, 2.05) is 0 Å². The number of aromatic nitrogens is 2. The molecule has 0 spiro atoms. The van der Waals surface area contributed by atoms with E-state index in [0.29, 0.717) is 6.20 Å². The molecule has 0 aromatic carbocycles. The van der Waals surface area contributed by atoms with Crippen molar-refractivity contribution in [1.29, 1.82) is 0 Å². The lowest BCUT2D eigenvalue weighted by Gasteiger charge is -2.25. The zero-order valence-electron chi connectivity index (χ0n) is 8.29. The lowest BCUT2D eigenvalue weighted by molar-refractivity contribution is -0.231. The molecule has 1 aromatic rings. The number of aliphatic hydroxyl groups is 1. The van der Waals surface area contributed by atoms with E-state index in [0.717, 1.165) is 6.07 Å². The fraction of sp³-hybridized carbons (Fsp3) is 0.500. The van der Waals surface area contributed by atoms with Gasteiger partial charge in [-0.1, -0.05) is 0 Å². The van der Waals surface area contributed by atoms with Gasteiger partial charge in [0.25, 0.3) is 5.56 Å². The summed E-state index contributed by atoms with van der Waals surface area (Å²) in [4.78, 5) is 23.3. The van der Waals surface area contributed by atoms with E-state index < -0.39 is 36.2 Å². The van der Waals surface area contributed by atoms with Crippen molar-refractivity contribution in [2.24, 2.45) is 0 Å². The van der Waals surface area contributed by atoms with Crippen molar-refractivity contribution in [1.82, 2.24) is 9.55 Å². The summed E-state index contributed by atoms with van der Waals surface area (Å²) in [6.45, 7) is -3.69. The van der Waals surface area contributed by atoms with Crippen LogP contribution in [0.4, 0.5) is 17.6 Å². The molecule has 0 aliphatic carbocycles. The summed E-state index contributed by atoms with van der Waals surface area (Å²) in [6.07, 6.45) is 0.669. The van der Waals surface area contributed by atoms with Gasteiger partial charge < -0.3 is 5.11 Å². The molecule has 1 rings (SSSR count). The molecule has 1 aromatic heterocycles. The Kier molecular flexibility index (Phi) is 3.41. The number of alkyl halides is 4. The average Bonchev–Trinajstić information content (AvgIpc) is 2.22. The van der Waals surface area contributed by atoms with Gasteiger partial charge in [0.1, 0.15) is 6.61 Å². The van der Waals surface area contributed by atoms with E-state index in [1.165, 1.54) is 0 Å². The molecule has 0 saturated carbocycles. The smallest absolute Gasteiger partial charge is 0.334 e. The van der Waals surface area contributed by atoms with Crippen LogP contribution in [0.5, 0.6) is 0 Å². The van der Waals surface area contributed by atoms with Crippen molar-refractivity contribution in [3.8, 4) is 0 Å². The van der Waals surface area contributed by atoms with Crippen molar-refractivity contribution in [3.05, 3.63) is 33.1 Å². The predicted molar refractivity (Wildman–Crippen MR) is 48.3 cm³/mol. The summed E-state index contributed by atoms with van der Waals surface area (Å²) in [5.41, 5.74) is -2.06. The first-order chi connectivity index (χ1) is 7.69. The first-order valence-electron chi connectivity index (χ1n) is 4.36. The Balaban J connectivity index is 3.06. The van der Waals surface area contributed by atoms with Crippen LogP contribution in [0.2, 0.25) is 0 Å². The molecule has 1 heterocycles. The van der Waals surface area contributed by atoms with Crippen LogP contribution in [-0.4, -0.2) is 33.1 Å². The third-order valence-corrected chi connectivity index (χ3v) is 2.00. The van der Waals surface area contributed by atoms with Crippen LogP contribution in [0, 0.1) is 0 Å². The van der Waals surface area contributed by atoms with Crippen molar-refractivity contribution in [2.75, 3.05) is 6.61 Å². The second-order valence-electron chi connectivity index (χ2n) is 3.31. The molecule has 2 N–H and O–H groups in total. The molecule has 17 heavy (non-hydrogen) atoms. The first-order valence-corrected chi connectivity index (χ1v) is 4.36. The number of aliphatic hydroxyl groups excluding tert-OH is 1. The lowest BCUT2D eigenvalue weighted by Crippen LogP contribution is -2.48. The normalized spacial score (nSPS) is 12.8. The number of nitrogens with one attached hydrogen (secondary N) is 1. The summed E-state index contributed by atoms with van der Waals surface area (Å²) in [5, 5.41) is 8.15. The van der Waals surface area contributed by atoms with Crippen LogP contribution in [0.1, 0.15) is 0 Å². The number of nitrogens with zero attached hydrogens (tertiary/aromatic N) is 1. The van der Waals surface area contributed by atoms with E-state index in [2.05, 4.69) is 0 Å². The molecule has 0 fully saturated rings. The fourth-order valence-electron chi connectivity index (χ4n) is 1.01. The van der Waals surface area contributed by atoms with Gasteiger partial charge in [-0.15, -0.1) is 0 Å². The van der Waals surface area contributed by atoms with Crippen molar-refractivity contribution >= 4 is 0 Å². The summed E-state index contributed by atoms with van der Waals surface area (Å²) in [7, 11) is 0. The summed E-state index contributed by atoms with van der Waals surface area (Å²) in [6, 6.07) is 0.745. The van der Waals surface area contributed by atoms with E-state index in [-0.39, 0.29) is 4.57 Å². The third-order valence-electron chi connectivity index (χ3n) is 2.00. The zero-order valence-corrected chi connectivity index (χ0v) is 8.29. The van der Waals surface area contributed by atoms with E-state index >= 15 is 0 Å². The number of aromatic amines is 1. The van der Waals surface area contributed by atoms with Crippen LogP contribution in [0.15, 0.2) is 21.9 Å². The molecule has 0 unspecified atom stereocenters. The summed E-state index contributed by atoms with van der Waals surface area (Å²) in [5.74, 6) is -9.26. The SMILES string of the molecule is O=c1ccn(CC(F)(F)C(F)(F)CO)c(=O)[nH]1. The maximum absolute atomic E-state index is 13.0. The van der Waals surface area contributed by atoms with Crippen molar-refractivity contribution in [2.45, 2.75) is 18.4 Å². The Morgan fingerprint density at radius 3 is 2.29 bits per heavy atom. The van der Waals surface area contributed by atoms with Gasteiger partial charge in [0.2, 0.25) is 0 Å². The summed E-state index contributed by atoms with van der Waals surface area (Å²) >= 11 is 0. The highest BCUT2D eigenvalue weighted by atomic mass is 19.3. The monoisotopic (exact) mass is 256 g/mol. The van der Waals surface area contributed by atoms with Crippen LogP contribution in [0.25, 0.3) is 0 Å². The van der Waals surface area contributed by atoms with Crippen LogP contribution in [0.3, 0.4) is 0 Å². The molecule has 0 aliphatic rings. The third kappa shape index (κ3) is 2.73. The molecule has 0 aliphatic heterocycles. The van der Waals surface area contributed by atoms with Gasteiger partial charge in [-0.3, -0.25) is 14.3 Å². The van der Waals surface area contributed by atoms with Gasteiger partial charge in [-0.25, -0.2) is 4.79 Å².